The number of nitrogens with zero attached hydrogens (tertiary/aromatic N) is 2. The van der Waals surface area contributed by atoms with Gasteiger partial charge in [0.1, 0.15) is 0 Å². The van der Waals surface area contributed by atoms with Gasteiger partial charge < -0.3 is 5.32 Å². The number of benzene rings is 1. The Bertz CT molecular complexity index is 661. The lowest BCUT2D eigenvalue weighted by Gasteiger charge is -2.06. The average Bonchev–Trinajstić information content (AvgIpc) is 3.02. The maximum atomic E-state index is 12.0. The quantitative estimate of drug-likeness (QED) is 0.217. The van der Waals surface area contributed by atoms with Gasteiger partial charge in [-0.25, -0.2) is 15.5 Å². The number of rotatable bonds is 10. The molecule has 0 saturated heterocycles. The monoisotopic (exact) mass is 381 g/mol. The van der Waals surface area contributed by atoms with Gasteiger partial charge in [-0.1, -0.05) is 40.8 Å². The first-order chi connectivity index (χ1) is 12.0. The fourth-order valence-electron chi connectivity index (χ4n) is 2.14. The number of aromatic nitrogens is 1. The molecule has 1 aromatic carbocycles. The summed E-state index contributed by atoms with van der Waals surface area (Å²) in [6, 6.07) is 8.16. The second kappa shape index (κ2) is 10.5. The number of carbonyl (C=O) groups is 1. The van der Waals surface area contributed by atoms with Gasteiger partial charge in [0.25, 0.3) is 0 Å². The van der Waals surface area contributed by atoms with E-state index >= 15 is 0 Å². The van der Waals surface area contributed by atoms with Crippen molar-refractivity contribution in [1.29, 1.82) is 0 Å². The van der Waals surface area contributed by atoms with Crippen LogP contribution in [0.3, 0.4) is 0 Å². The molecule has 0 saturated carbocycles. The van der Waals surface area contributed by atoms with Crippen LogP contribution in [0.4, 0.5) is 5.13 Å². The molecule has 136 valence electrons. The molecule has 0 bridgehead atoms. The minimum Gasteiger partial charge on any atom is -0.302 e. The summed E-state index contributed by atoms with van der Waals surface area (Å²) in [7, 11) is 0. The van der Waals surface area contributed by atoms with E-state index in [1.165, 1.54) is 16.9 Å². The molecule has 0 fully saturated rings. The Labute approximate surface area is 155 Å². The Hall–Kier alpha value is -1.49. The van der Waals surface area contributed by atoms with Gasteiger partial charge >= 0.3 is 0 Å². The molecule has 2 rings (SSSR count). The van der Waals surface area contributed by atoms with E-state index in [2.05, 4.69) is 15.0 Å². The Morgan fingerprint density at radius 3 is 2.80 bits per heavy atom. The Morgan fingerprint density at radius 2 is 2.08 bits per heavy atom. The van der Waals surface area contributed by atoms with Gasteiger partial charge in [-0.15, -0.1) is 11.3 Å². The van der Waals surface area contributed by atoms with E-state index in [-0.39, 0.29) is 5.91 Å². The molecule has 7 nitrogen and oxygen atoms in total. The van der Waals surface area contributed by atoms with Crippen LogP contribution in [0.1, 0.15) is 31.2 Å². The first kappa shape index (κ1) is 19.8. The van der Waals surface area contributed by atoms with Crippen LogP contribution < -0.4 is 15.9 Å². The van der Waals surface area contributed by atoms with Crippen molar-refractivity contribution in [3.8, 4) is 11.3 Å². The highest BCUT2D eigenvalue weighted by atomic mass is 32.2. The van der Waals surface area contributed by atoms with Gasteiger partial charge in [0, 0.05) is 23.9 Å². The van der Waals surface area contributed by atoms with Crippen molar-refractivity contribution < 1.29 is 10.0 Å². The lowest BCUT2D eigenvalue weighted by molar-refractivity contribution is -0.116. The van der Waals surface area contributed by atoms with Crippen molar-refractivity contribution in [3.63, 3.8) is 0 Å². The summed E-state index contributed by atoms with van der Waals surface area (Å²) < 4.78 is 3.41. The highest BCUT2D eigenvalue weighted by molar-refractivity contribution is 7.94. The molecule has 1 heterocycles. The molecule has 1 amide bonds. The summed E-state index contributed by atoms with van der Waals surface area (Å²) in [5.41, 5.74) is 3.13. The predicted octanol–water partition coefficient (Wildman–Crippen LogP) is 3.34. The van der Waals surface area contributed by atoms with Crippen molar-refractivity contribution in [2.24, 2.45) is 5.84 Å². The summed E-state index contributed by atoms with van der Waals surface area (Å²) in [6.45, 7) is 2.76. The van der Waals surface area contributed by atoms with E-state index in [4.69, 9.17) is 11.0 Å². The van der Waals surface area contributed by atoms with Gasteiger partial charge in [0.15, 0.2) is 5.13 Å². The number of hydrogen-bond acceptors (Lipinski definition) is 8. The summed E-state index contributed by atoms with van der Waals surface area (Å²) in [4.78, 5) is 16.4. The molecule has 9 heteroatoms. The number of unbranched alkanes of at least 4 members (excludes halogenated alkanes) is 2. The fraction of sp³-hybridized carbons (Fsp3) is 0.375. The van der Waals surface area contributed by atoms with Gasteiger partial charge in [0.05, 0.1) is 17.8 Å². The fourth-order valence-corrected chi connectivity index (χ4v) is 3.24. The second-order valence-electron chi connectivity index (χ2n) is 5.55. The summed E-state index contributed by atoms with van der Waals surface area (Å²) in [5, 5.41) is 14.1. The average molecular weight is 382 g/mol. The maximum Gasteiger partial charge on any atom is 0.226 e. The number of amides is 1. The van der Waals surface area contributed by atoms with Gasteiger partial charge in [-0.05, 0) is 19.8 Å². The molecule has 2 aromatic rings. The van der Waals surface area contributed by atoms with Crippen LogP contribution in [0, 0.1) is 6.92 Å². The first-order valence-corrected chi connectivity index (χ1v) is 9.66. The zero-order valence-electron chi connectivity index (χ0n) is 14.1. The topological polar surface area (TPSA) is 104 Å². The summed E-state index contributed by atoms with van der Waals surface area (Å²) in [6.07, 6.45) is 3.10. The van der Waals surface area contributed by atoms with Gasteiger partial charge in [0.2, 0.25) is 5.91 Å². The number of nitrogens with two attached hydrogens (primary N) is 1. The van der Waals surface area contributed by atoms with Crippen LogP contribution in [0.25, 0.3) is 11.3 Å². The highest BCUT2D eigenvalue weighted by Crippen LogP contribution is 2.25. The zero-order valence-corrected chi connectivity index (χ0v) is 15.7. The zero-order chi connectivity index (χ0) is 18.1. The number of aryl methyl sites for hydroxylation is 1. The van der Waals surface area contributed by atoms with E-state index in [0.29, 0.717) is 22.7 Å². The smallest absolute Gasteiger partial charge is 0.226 e. The molecule has 0 atom stereocenters. The van der Waals surface area contributed by atoms with Crippen LogP contribution in [-0.2, 0) is 4.79 Å². The summed E-state index contributed by atoms with van der Waals surface area (Å²) in [5.74, 6) is 5.01. The Balaban J connectivity index is 1.66. The largest absolute Gasteiger partial charge is 0.302 e. The molecular formula is C16H23N5O2S2. The Kier molecular flexibility index (Phi) is 8.32. The molecule has 0 aliphatic rings. The number of carbonyl (C=O) groups excluding carboxylic acids is 1. The van der Waals surface area contributed by atoms with E-state index in [9.17, 15) is 4.79 Å². The number of hydrazine groups is 1. The molecule has 0 spiro atoms. The van der Waals surface area contributed by atoms with Crippen LogP contribution in [0.2, 0.25) is 0 Å². The van der Waals surface area contributed by atoms with Gasteiger partial charge in [-0.2, -0.15) is 0 Å². The van der Waals surface area contributed by atoms with Crippen LogP contribution in [0.5, 0.6) is 0 Å². The molecule has 0 aliphatic heterocycles. The number of nitrogens with one attached hydrogen (secondary N) is 2. The van der Waals surface area contributed by atoms with E-state index < -0.39 is 0 Å². The van der Waals surface area contributed by atoms with E-state index in [0.717, 1.165) is 42.7 Å². The van der Waals surface area contributed by atoms with Crippen LogP contribution in [0.15, 0.2) is 29.6 Å². The summed E-state index contributed by atoms with van der Waals surface area (Å²) >= 11 is 2.36. The maximum absolute atomic E-state index is 12.0. The van der Waals surface area contributed by atoms with Crippen molar-refractivity contribution in [1.82, 2.24) is 14.3 Å². The Morgan fingerprint density at radius 1 is 1.32 bits per heavy atom. The SMILES string of the molecule is Cc1ccc(-c2csc(NC(=O)CCCCCNSN(N)O)n2)cc1. The minimum atomic E-state index is -0.0179. The van der Waals surface area contributed by atoms with Gasteiger partial charge in [-0.3, -0.25) is 10.0 Å². The molecule has 5 N–H and O–H groups in total. The highest BCUT2D eigenvalue weighted by Gasteiger charge is 2.08. The third-order valence-electron chi connectivity index (χ3n) is 3.44. The predicted molar refractivity (Wildman–Crippen MR) is 103 cm³/mol. The molecular weight excluding hydrogens is 358 g/mol. The minimum absolute atomic E-state index is 0.0179. The molecule has 1 aromatic heterocycles. The van der Waals surface area contributed by atoms with Crippen molar-refractivity contribution in [2.45, 2.75) is 32.6 Å². The van der Waals surface area contributed by atoms with Crippen LogP contribution in [-0.4, -0.2) is 27.2 Å². The lowest BCUT2D eigenvalue weighted by Crippen LogP contribution is -2.24. The number of anilines is 1. The molecule has 0 aliphatic carbocycles. The van der Waals surface area contributed by atoms with Crippen molar-refractivity contribution in [2.75, 3.05) is 11.9 Å². The molecule has 0 unspecified atom stereocenters. The molecule has 0 radical (unpaired) electrons. The first-order valence-electron chi connectivity index (χ1n) is 8.00. The standard InChI is InChI=1S/C16H23N5O2S2/c1-12-6-8-13(9-7-12)14-11-24-16(19-14)20-15(22)5-3-2-4-10-18-25-21(17)23/h6-9,11,18,23H,2-5,10,17H2,1H3,(H,19,20,22). The van der Waals surface area contributed by atoms with Crippen molar-refractivity contribution in [3.05, 3.63) is 35.2 Å². The lowest BCUT2D eigenvalue weighted by atomic mass is 10.1. The van der Waals surface area contributed by atoms with E-state index in [1.54, 1.807) is 0 Å². The number of thiazole rings is 1. The third kappa shape index (κ3) is 7.51. The number of hydrogen-bond donors (Lipinski definition) is 4. The molecule has 25 heavy (non-hydrogen) atoms. The van der Waals surface area contributed by atoms with Crippen molar-refractivity contribution >= 4 is 34.5 Å². The second-order valence-corrected chi connectivity index (χ2v) is 7.25. The normalized spacial score (nSPS) is 11.0. The third-order valence-corrected chi connectivity index (χ3v) is 4.72. The van der Waals surface area contributed by atoms with Crippen LogP contribution >= 0.6 is 23.5 Å². The van der Waals surface area contributed by atoms with E-state index in [1.807, 2.05) is 36.6 Å².